The van der Waals surface area contributed by atoms with E-state index in [-0.39, 0.29) is 11.9 Å². The van der Waals surface area contributed by atoms with E-state index in [0.717, 1.165) is 17.8 Å². The first-order chi connectivity index (χ1) is 8.59. The first-order valence-corrected chi connectivity index (χ1v) is 6.91. The summed E-state index contributed by atoms with van der Waals surface area (Å²) in [6.45, 7) is 5.22. The van der Waals surface area contributed by atoms with Gasteiger partial charge in [-0.1, -0.05) is 12.8 Å². The Morgan fingerprint density at radius 3 is 2.83 bits per heavy atom. The van der Waals surface area contributed by atoms with Gasteiger partial charge >= 0.3 is 0 Å². The van der Waals surface area contributed by atoms with Crippen LogP contribution in [0.5, 0.6) is 0 Å². The number of anilines is 1. The van der Waals surface area contributed by atoms with E-state index in [0.29, 0.717) is 6.04 Å². The molecule has 0 amide bonds. The van der Waals surface area contributed by atoms with Gasteiger partial charge in [0.15, 0.2) is 0 Å². The Labute approximate surface area is 109 Å². The van der Waals surface area contributed by atoms with Gasteiger partial charge in [-0.25, -0.2) is 4.39 Å². The van der Waals surface area contributed by atoms with Crippen LogP contribution in [-0.2, 0) is 0 Å². The lowest BCUT2D eigenvalue weighted by molar-refractivity contribution is 0.603. The summed E-state index contributed by atoms with van der Waals surface area (Å²) in [5, 5.41) is 0. The molecule has 0 spiro atoms. The summed E-state index contributed by atoms with van der Waals surface area (Å²) in [6, 6.07) is 5.38. The van der Waals surface area contributed by atoms with Crippen molar-refractivity contribution in [2.75, 3.05) is 11.4 Å². The van der Waals surface area contributed by atoms with Crippen LogP contribution >= 0.6 is 0 Å². The van der Waals surface area contributed by atoms with Crippen LogP contribution in [0.2, 0.25) is 0 Å². The first kappa shape index (κ1) is 13.3. The first-order valence-electron chi connectivity index (χ1n) is 6.91. The standard InChI is InChI=1S/C15H23FN2/c1-11-6-4-3-5-9-18(11)15-8-7-13(16)10-14(15)12(2)17/h7-8,10-12H,3-6,9,17H2,1-2H3/t11?,12-/m1/s1. The highest BCUT2D eigenvalue weighted by atomic mass is 19.1. The number of rotatable bonds is 2. The molecule has 0 saturated carbocycles. The number of hydrogen-bond donors (Lipinski definition) is 1. The highest BCUT2D eigenvalue weighted by molar-refractivity contribution is 5.56. The van der Waals surface area contributed by atoms with Crippen molar-refractivity contribution in [3.63, 3.8) is 0 Å². The fraction of sp³-hybridized carbons (Fsp3) is 0.600. The summed E-state index contributed by atoms with van der Waals surface area (Å²) >= 11 is 0. The molecule has 1 aromatic rings. The number of nitrogens with zero attached hydrogens (tertiary/aromatic N) is 1. The van der Waals surface area contributed by atoms with Gasteiger partial charge < -0.3 is 10.6 Å². The number of hydrogen-bond acceptors (Lipinski definition) is 2. The molecule has 0 radical (unpaired) electrons. The van der Waals surface area contributed by atoms with E-state index >= 15 is 0 Å². The van der Waals surface area contributed by atoms with Crippen molar-refractivity contribution in [1.82, 2.24) is 0 Å². The van der Waals surface area contributed by atoms with Crippen LogP contribution < -0.4 is 10.6 Å². The van der Waals surface area contributed by atoms with Crippen molar-refractivity contribution in [2.24, 2.45) is 5.73 Å². The average molecular weight is 250 g/mol. The fourth-order valence-corrected chi connectivity index (χ4v) is 2.78. The monoisotopic (exact) mass is 250 g/mol. The van der Waals surface area contributed by atoms with Gasteiger partial charge in [0, 0.05) is 24.3 Å². The molecule has 1 aromatic carbocycles. The van der Waals surface area contributed by atoms with Gasteiger partial charge in [0.25, 0.3) is 0 Å². The summed E-state index contributed by atoms with van der Waals surface area (Å²) in [6.07, 6.45) is 4.98. The molecule has 2 rings (SSSR count). The molecular weight excluding hydrogens is 227 g/mol. The predicted molar refractivity (Wildman–Crippen MR) is 74.3 cm³/mol. The third-order valence-corrected chi connectivity index (χ3v) is 3.84. The second-order valence-corrected chi connectivity index (χ2v) is 5.38. The maximum Gasteiger partial charge on any atom is 0.123 e. The quantitative estimate of drug-likeness (QED) is 0.868. The minimum absolute atomic E-state index is 0.133. The van der Waals surface area contributed by atoms with Crippen LogP contribution in [0.25, 0.3) is 0 Å². The van der Waals surface area contributed by atoms with Gasteiger partial charge in [-0.3, -0.25) is 0 Å². The molecule has 3 heteroatoms. The summed E-state index contributed by atoms with van der Waals surface area (Å²) in [5.74, 6) is -0.200. The molecule has 1 aliphatic heterocycles. The minimum atomic E-state index is -0.200. The second kappa shape index (κ2) is 5.70. The smallest absolute Gasteiger partial charge is 0.123 e. The third-order valence-electron chi connectivity index (χ3n) is 3.84. The SMILES string of the molecule is CC1CCCCCN1c1ccc(F)cc1[C@@H](C)N. The largest absolute Gasteiger partial charge is 0.369 e. The second-order valence-electron chi connectivity index (χ2n) is 5.38. The molecule has 2 nitrogen and oxygen atoms in total. The normalized spacial score (nSPS) is 22.7. The van der Waals surface area contributed by atoms with Gasteiger partial charge in [-0.05, 0) is 50.5 Å². The van der Waals surface area contributed by atoms with E-state index in [1.165, 1.54) is 25.7 Å². The molecule has 1 unspecified atom stereocenters. The molecule has 1 aliphatic rings. The van der Waals surface area contributed by atoms with Crippen LogP contribution in [0.3, 0.4) is 0 Å². The third kappa shape index (κ3) is 2.83. The Balaban J connectivity index is 2.36. The highest BCUT2D eigenvalue weighted by Gasteiger charge is 2.21. The molecule has 0 aromatic heterocycles. The Hall–Kier alpha value is -1.09. The summed E-state index contributed by atoms with van der Waals surface area (Å²) in [4.78, 5) is 2.39. The average Bonchev–Trinajstić information content (AvgIpc) is 2.54. The van der Waals surface area contributed by atoms with Crippen LogP contribution in [0, 0.1) is 5.82 Å². The van der Waals surface area contributed by atoms with Crippen molar-refractivity contribution in [3.8, 4) is 0 Å². The van der Waals surface area contributed by atoms with Crippen molar-refractivity contribution >= 4 is 5.69 Å². The van der Waals surface area contributed by atoms with Crippen molar-refractivity contribution in [3.05, 3.63) is 29.6 Å². The topological polar surface area (TPSA) is 29.3 Å². The predicted octanol–water partition coefficient (Wildman–Crippen LogP) is 3.61. The minimum Gasteiger partial charge on any atom is -0.369 e. The van der Waals surface area contributed by atoms with Crippen molar-refractivity contribution in [1.29, 1.82) is 0 Å². The van der Waals surface area contributed by atoms with E-state index in [1.54, 1.807) is 12.1 Å². The summed E-state index contributed by atoms with van der Waals surface area (Å²) < 4.78 is 13.4. The number of benzene rings is 1. The van der Waals surface area contributed by atoms with E-state index in [4.69, 9.17) is 5.73 Å². The van der Waals surface area contributed by atoms with Crippen LogP contribution in [-0.4, -0.2) is 12.6 Å². The molecule has 1 heterocycles. The van der Waals surface area contributed by atoms with Crippen LogP contribution in [0.15, 0.2) is 18.2 Å². The molecule has 2 N–H and O–H groups in total. The molecule has 0 bridgehead atoms. The Kier molecular flexibility index (Phi) is 4.23. The van der Waals surface area contributed by atoms with Crippen molar-refractivity contribution in [2.45, 2.75) is 51.6 Å². The van der Waals surface area contributed by atoms with E-state index < -0.39 is 0 Å². The number of halogens is 1. The zero-order valence-corrected chi connectivity index (χ0v) is 11.3. The summed E-state index contributed by atoms with van der Waals surface area (Å²) in [5.41, 5.74) is 8.01. The number of nitrogens with two attached hydrogens (primary N) is 1. The van der Waals surface area contributed by atoms with Gasteiger partial charge in [-0.15, -0.1) is 0 Å². The van der Waals surface area contributed by atoms with Crippen molar-refractivity contribution < 1.29 is 4.39 Å². The van der Waals surface area contributed by atoms with E-state index in [1.807, 2.05) is 13.0 Å². The Morgan fingerprint density at radius 2 is 2.11 bits per heavy atom. The zero-order valence-electron chi connectivity index (χ0n) is 11.3. The lowest BCUT2D eigenvalue weighted by Gasteiger charge is -2.32. The van der Waals surface area contributed by atoms with Gasteiger partial charge in [0.2, 0.25) is 0 Å². The van der Waals surface area contributed by atoms with Gasteiger partial charge in [0.05, 0.1) is 0 Å². The Bertz CT molecular complexity index is 403. The molecule has 0 aliphatic carbocycles. The molecule has 1 fully saturated rings. The zero-order chi connectivity index (χ0) is 13.1. The van der Waals surface area contributed by atoms with Crippen LogP contribution in [0.4, 0.5) is 10.1 Å². The van der Waals surface area contributed by atoms with E-state index in [9.17, 15) is 4.39 Å². The van der Waals surface area contributed by atoms with Crippen LogP contribution in [0.1, 0.15) is 51.1 Å². The molecule has 1 saturated heterocycles. The molecule has 100 valence electrons. The summed E-state index contributed by atoms with van der Waals surface area (Å²) in [7, 11) is 0. The highest BCUT2D eigenvalue weighted by Crippen LogP contribution is 2.30. The lowest BCUT2D eigenvalue weighted by atomic mass is 10.0. The fourth-order valence-electron chi connectivity index (χ4n) is 2.78. The van der Waals surface area contributed by atoms with Gasteiger partial charge in [0.1, 0.15) is 5.82 Å². The van der Waals surface area contributed by atoms with Gasteiger partial charge in [-0.2, -0.15) is 0 Å². The molecule has 2 atom stereocenters. The molecular formula is C15H23FN2. The maximum atomic E-state index is 13.4. The maximum absolute atomic E-state index is 13.4. The molecule has 18 heavy (non-hydrogen) atoms. The van der Waals surface area contributed by atoms with E-state index in [2.05, 4.69) is 11.8 Å². The lowest BCUT2D eigenvalue weighted by Crippen LogP contribution is -2.33. The Morgan fingerprint density at radius 1 is 1.33 bits per heavy atom.